The highest BCUT2D eigenvalue weighted by molar-refractivity contribution is 5.76. The molecule has 0 aliphatic carbocycles. The van der Waals surface area contributed by atoms with Crippen LogP contribution in [-0.2, 0) is 33.2 Å². The van der Waals surface area contributed by atoms with E-state index in [4.69, 9.17) is 28.4 Å². The molecule has 416 valence electrons. The third-order valence-corrected chi connectivity index (χ3v) is 13.8. The molecule has 3 aliphatic heterocycles. The van der Waals surface area contributed by atoms with Gasteiger partial charge in [0, 0.05) is 6.42 Å². The molecule has 17 atom stereocenters. The molecule has 19 nitrogen and oxygen atoms in total. The maximum atomic E-state index is 13.0. The second-order valence-corrected chi connectivity index (χ2v) is 19.7. The molecule has 0 spiro atoms. The number of aliphatic hydroxyl groups excluding tert-OH is 11. The molecule has 19 heteroatoms. The van der Waals surface area contributed by atoms with E-state index in [1.54, 1.807) is 6.08 Å². The van der Waals surface area contributed by atoms with Gasteiger partial charge in [0.05, 0.1) is 38.6 Å². The first-order chi connectivity index (χ1) is 34.3. The lowest BCUT2D eigenvalue weighted by Gasteiger charge is -2.48. The van der Waals surface area contributed by atoms with Crippen molar-refractivity contribution in [3.8, 4) is 0 Å². The van der Waals surface area contributed by atoms with Gasteiger partial charge in [-0.25, -0.2) is 0 Å². The molecule has 3 aliphatic rings. The summed E-state index contributed by atoms with van der Waals surface area (Å²) in [6, 6.07) is -0.981. The standard InChI is InChI=1S/C52H95NO18/c1-3-5-7-9-10-11-12-13-14-15-16-17-18-19-20-21-22-23-24-26-27-29-36(57)35(53-40(58)30-28-25-8-6-4-2)34-66-50-46(64)43(61)48(38(32-55)68-50)71-52-47(65)44(62)49(39(33-56)69-52)70-51-45(63)42(60)41(59)37(31-54)67-51/h22-23,27,29,35-39,41-52,54-57,59-65H,3-21,24-26,28,30-34H2,1-2H3,(H,53,58)/b23-22+,29-27+. The lowest BCUT2D eigenvalue weighted by atomic mass is 9.96. The predicted molar refractivity (Wildman–Crippen MR) is 263 cm³/mol. The van der Waals surface area contributed by atoms with Crippen molar-refractivity contribution >= 4 is 5.91 Å². The molecule has 0 radical (unpaired) electrons. The van der Waals surface area contributed by atoms with E-state index in [-0.39, 0.29) is 18.9 Å². The van der Waals surface area contributed by atoms with Gasteiger partial charge >= 0.3 is 0 Å². The smallest absolute Gasteiger partial charge is 0.220 e. The summed E-state index contributed by atoms with van der Waals surface area (Å²) >= 11 is 0. The Labute approximate surface area is 422 Å². The first-order valence-corrected chi connectivity index (χ1v) is 27.1. The van der Waals surface area contributed by atoms with Crippen molar-refractivity contribution in [1.29, 1.82) is 0 Å². The van der Waals surface area contributed by atoms with Crippen LogP contribution in [0.5, 0.6) is 0 Å². The molecule has 3 heterocycles. The average molecular weight is 1020 g/mol. The van der Waals surface area contributed by atoms with E-state index in [0.29, 0.717) is 12.8 Å². The molecule has 71 heavy (non-hydrogen) atoms. The zero-order valence-corrected chi connectivity index (χ0v) is 42.7. The quantitative estimate of drug-likeness (QED) is 0.0313. The molecule has 0 aromatic carbocycles. The molecular weight excluding hydrogens is 927 g/mol. The molecule has 0 aromatic heterocycles. The third kappa shape index (κ3) is 22.6. The molecule has 12 N–H and O–H groups in total. The number of allylic oxidation sites excluding steroid dienone is 3. The molecule has 1 amide bonds. The lowest BCUT2D eigenvalue weighted by molar-refractivity contribution is -0.379. The van der Waals surface area contributed by atoms with Crippen LogP contribution in [-0.4, -0.2) is 193 Å². The Kier molecular flexibility index (Phi) is 33.2. The summed E-state index contributed by atoms with van der Waals surface area (Å²) < 4.78 is 34.0. The van der Waals surface area contributed by atoms with Gasteiger partial charge in [0.1, 0.15) is 73.2 Å². The number of rotatable bonds is 38. The van der Waals surface area contributed by atoms with Crippen LogP contribution in [0.25, 0.3) is 0 Å². The maximum absolute atomic E-state index is 13.0. The number of carbonyl (C=O) groups is 1. The molecule has 3 rings (SSSR count). The monoisotopic (exact) mass is 1020 g/mol. The lowest BCUT2D eigenvalue weighted by Crippen LogP contribution is -2.66. The zero-order valence-electron chi connectivity index (χ0n) is 42.7. The van der Waals surface area contributed by atoms with Crippen molar-refractivity contribution in [2.45, 2.75) is 272 Å². The molecule has 3 saturated heterocycles. The number of amides is 1. The third-order valence-electron chi connectivity index (χ3n) is 13.8. The summed E-state index contributed by atoms with van der Waals surface area (Å²) in [4.78, 5) is 13.0. The minimum absolute atomic E-state index is 0.231. The van der Waals surface area contributed by atoms with Gasteiger partial charge in [-0.05, 0) is 32.1 Å². The van der Waals surface area contributed by atoms with E-state index < -0.39 is 124 Å². The highest BCUT2D eigenvalue weighted by atomic mass is 16.8. The van der Waals surface area contributed by atoms with E-state index in [1.807, 2.05) is 6.08 Å². The Balaban J connectivity index is 1.48. The van der Waals surface area contributed by atoms with Crippen LogP contribution >= 0.6 is 0 Å². The molecule has 3 fully saturated rings. The summed E-state index contributed by atoms with van der Waals surface area (Å²) in [5, 5.41) is 119. The van der Waals surface area contributed by atoms with Crippen LogP contribution in [0.2, 0.25) is 0 Å². The Morgan fingerprint density at radius 2 is 0.901 bits per heavy atom. The van der Waals surface area contributed by atoms with Crippen LogP contribution < -0.4 is 5.32 Å². The number of hydrogen-bond acceptors (Lipinski definition) is 18. The second kappa shape index (κ2) is 37.1. The Morgan fingerprint density at radius 1 is 0.493 bits per heavy atom. The summed E-state index contributed by atoms with van der Waals surface area (Å²) in [6.07, 6.45) is 8.23. The largest absolute Gasteiger partial charge is 0.394 e. The van der Waals surface area contributed by atoms with Crippen molar-refractivity contribution < 1.29 is 89.4 Å². The number of nitrogens with one attached hydrogen (secondary N) is 1. The van der Waals surface area contributed by atoms with Crippen molar-refractivity contribution in [1.82, 2.24) is 5.32 Å². The van der Waals surface area contributed by atoms with Gasteiger partial charge < -0.3 is 89.9 Å². The van der Waals surface area contributed by atoms with Crippen LogP contribution in [0.15, 0.2) is 24.3 Å². The van der Waals surface area contributed by atoms with Crippen molar-refractivity contribution in [3.05, 3.63) is 24.3 Å². The molecule has 0 bridgehead atoms. The van der Waals surface area contributed by atoms with Crippen LogP contribution in [0.3, 0.4) is 0 Å². The first-order valence-electron chi connectivity index (χ1n) is 27.1. The Bertz CT molecular complexity index is 1410. The van der Waals surface area contributed by atoms with E-state index >= 15 is 0 Å². The minimum atomic E-state index is -1.98. The molecule has 17 unspecified atom stereocenters. The van der Waals surface area contributed by atoms with Crippen LogP contribution in [0.4, 0.5) is 0 Å². The fraction of sp³-hybridized carbons (Fsp3) is 0.904. The summed E-state index contributed by atoms with van der Waals surface area (Å²) in [5.74, 6) is -0.300. The number of aliphatic hydroxyl groups is 11. The normalized spacial score (nSPS) is 32.4. The highest BCUT2D eigenvalue weighted by Gasteiger charge is 2.53. The van der Waals surface area contributed by atoms with Gasteiger partial charge in [-0.2, -0.15) is 0 Å². The van der Waals surface area contributed by atoms with E-state index in [0.717, 1.165) is 44.9 Å². The second-order valence-electron chi connectivity index (χ2n) is 19.7. The van der Waals surface area contributed by atoms with E-state index in [1.165, 1.54) is 89.9 Å². The summed E-state index contributed by atoms with van der Waals surface area (Å²) in [5.41, 5.74) is 0. The van der Waals surface area contributed by atoms with E-state index in [9.17, 15) is 61.0 Å². The van der Waals surface area contributed by atoms with Crippen molar-refractivity contribution in [3.63, 3.8) is 0 Å². The zero-order chi connectivity index (χ0) is 52.0. The van der Waals surface area contributed by atoms with Gasteiger partial charge in [-0.3, -0.25) is 4.79 Å². The fourth-order valence-electron chi connectivity index (χ4n) is 9.20. The van der Waals surface area contributed by atoms with Gasteiger partial charge in [-0.1, -0.05) is 154 Å². The number of carbonyl (C=O) groups excluding carboxylic acids is 1. The number of ether oxygens (including phenoxy) is 6. The predicted octanol–water partition coefficient (Wildman–Crippen LogP) is 2.81. The highest BCUT2D eigenvalue weighted by Crippen LogP contribution is 2.33. The number of unbranched alkanes of at least 4 members (excludes halogenated alkanes) is 20. The van der Waals surface area contributed by atoms with Gasteiger partial charge in [0.2, 0.25) is 5.91 Å². The van der Waals surface area contributed by atoms with Gasteiger partial charge in [0.25, 0.3) is 0 Å². The minimum Gasteiger partial charge on any atom is -0.394 e. The van der Waals surface area contributed by atoms with Crippen LogP contribution in [0, 0.1) is 0 Å². The Hall–Kier alpha value is -1.73. The van der Waals surface area contributed by atoms with Gasteiger partial charge in [-0.15, -0.1) is 0 Å². The van der Waals surface area contributed by atoms with Gasteiger partial charge in [0.15, 0.2) is 18.9 Å². The van der Waals surface area contributed by atoms with Crippen molar-refractivity contribution in [2.75, 3.05) is 26.4 Å². The summed E-state index contributed by atoms with van der Waals surface area (Å²) in [6.45, 7) is 1.57. The molecular formula is C52H95NO18. The molecule has 0 saturated carbocycles. The SMILES string of the molecule is CCCCCCCCCCCCCCCCC/C=C/CC/C=C/C(O)C(COC1OC(CO)C(OC2OC(CO)C(OC3OC(CO)C(O)C(O)C3O)C(O)C2O)C(O)C1O)NC(=O)CCCCCCC. The topological polar surface area (TPSA) is 307 Å². The Morgan fingerprint density at radius 3 is 1.41 bits per heavy atom. The number of hydrogen-bond donors (Lipinski definition) is 12. The fourth-order valence-corrected chi connectivity index (χ4v) is 9.20. The first kappa shape index (κ1) is 63.6. The van der Waals surface area contributed by atoms with Crippen LogP contribution in [0.1, 0.15) is 168 Å². The van der Waals surface area contributed by atoms with Crippen molar-refractivity contribution in [2.24, 2.45) is 0 Å². The molecule has 0 aromatic rings. The maximum Gasteiger partial charge on any atom is 0.220 e. The van der Waals surface area contributed by atoms with E-state index in [2.05, 4.69) is 31.3 Å². The average Bonchev–Trinajstić information content (AvgIpc) is 3.36. The summed E-state index contributed by atoms with van der Waals surface area (Å²) in [7, 11) is 0.